The second-order valence-corrected chi connectivity index (χ2v) is 7.18. The second-order valence-electron chi connectivity index (χ2n) is 5.54. The molecule has 0 fully saturated rings. The summed E-state index contributed by atoms with van der Waals surface area (Å²) in [5, 5.41) is 4.30. The Hall–Kier alpha value is -2.84. The summed E-state index contributed by atoms with van der Waals surface area (Å²) in [7, 11) is 0. The van der Waals surface area contributed by atoms with Crippen molar-refractivity contribution in [2.24, 2.45) is 0 Å². The molecule has 0 spiro atoms. The van der Waals surface area contributed by atoms with Crippen LogP contribution in [0.2, 0.25) is 0 Å². The van der Waals surface area contributed by atoms with E-state index >= 15 is 0 Å². The van der Waals surface area contributed by atoms with Crippen LogP contribution in [0.5, 0.6) is 0 Å². The maximum atomic E-state index is 12.5. The second kappa shape index (κ2) is 5.91. The summed E-state index contributed by atoms with van der Waals surface area (Å²) in [4.78, 5) is 34.2. The van der Waals surface area contributed by atoms with Crippen LogP contribution in [0.25, 0.3) is 21.1 Å². The lowest BCUT2D eigenvalue weighted by molar-refractivity contribution is 0.102. The Balaban J connectivity index is 1.68. The number of aryl methyl sites for hydroxylation is 1. The molecule has 4 aromatic rings. The quantitative estimate of drug-likeness (QED) is 0.470. The molecule has 6 nitrogen and oxygen atoms in total. The number of rotatable bonds is 2. The lowest BCUT2D eigenvalue weighted by Crippen LogP contribution is -2.13. The first-order valence-electron chi connectivity index (χ1n) is 7.44. The average molecular weight is 368 g/mol. The van der Waals surface area contributed by atoms with Gasteiger partial charge in [-0.15, -0.1) is 11.3 Å². The largest absolute Gasteiger partial charge is 0.332 e. The van der Waals surface area contributed by atoms with E-state index < -0.39 is 0 Å². The number of aromatic nitrogens is 3. The number of aromatic amines is 2. The van der Waals surface area contributed by atoms with Gasteiger partial charge < -0.3 is 10.3 Å². The van der Waals surface area contributed by atoms with E-state index in [0.717, 1.165) is 15.2 Å². The van der Waals surface area contributed by atoms with Crippen molar-refractivity contribution in [1.29, 1.82) is 0 Å². The third kappa shape index (κ3) is 2.97. The molecule has 2 heterocycles. The number of nitrogens with zero attached hydrogens (tertiary/aromatic N) is 1. The number of anilines is 1. The third-order valence-electron chi connectivity index (χ3n) is 3.75. The van der Waals surface area contributed by atoms with Gasteiger partial charge >= 0.3 is 0 Å². The molecule has 0 aliphatic carbocycles. The predicted molar refractivity (Wildman–Crippen MR) is 102 cm³/mol. The summed E-state index contributed by atoms with van der Waals surface area (Å²) < 4.78 is 1.24. The molecule has 0 aliphatic rings. The molecule has 0 radical (unpaired) electrons. The summed E-state index contributed by atoms with van der Waals surface area (Å²) in [5.74, 6) is -0.262. The van der Waals surface area contributed by atoms with Crippen molar-refractivity contribution in [3.8, 4) is 0 Å². The van der Waals surface area contributed by atoms with Crippen molar-refractivity contribution in [2.75, 3.05) is 5.32 Å². The van der Waals surface area contributed by atoms with Crippen molar-refractivity contribution < 1.29 is 4.79 Å². The topological polar surface area (TPSA) is 90.6 Å². The number of hydrogen-bond acceptors (Lipinski definition) is 5. The number of amides is 1. The van der Waals surface area contributed by atoms with Crippen LogP contribution in [0.4, 0.5) is 5.69 Å². The Morgan fingerprint density at radius 1 is 1.20 bits per heavy atom. The molecule has 0 aliphatic heterocycles. The number of fused-ring (bicyclic) bond motifs is 2. The standard InChI is InChI=1S/C17H12N4O2S2/c1-8-18-12-5-3-10(7-14(12)25-8)19-15(22)9-2-4-11-13(6-9)20-17(24)21-16(11)23/h2-7H,1H3,(H,19,22)(H2,20,21,23,24). The van der Waals surface area contributed by atoms with Crippen LogP contribution in [-0.4, -0.2) is 20.9 Å². The monoisotopic (exact) mass is 368 g/mol. The number of carbonyl (C=O) groups excluding carboxylic acids is 1. The minimum absolute atomic E-state index is 0.223. The van der Waals surface area contributed by atoms with Crippen molar-refractivity contribution in [3.63, 3.8) is 0 Å². The van der Waals surface area contributed by atoms with Crippen LogP contribution >= 0.6 is 23.6 Å². The van der Waals surface area contributed by atoms with Crippen LogP contribution in [0.1, 0.15) is 15.4 Å². The van der Waals surface area contributed by atoms with E-state index in [1.807, 2.05) is 25.1 Å². The van der Waals surface area contributed by atoms with E-state index in [4.69, 9.17) is 12.2 Å². The molecule has 0 unspecified atom stereocenters. The van der Waals surface area contributed by atoms with Gasteiger partial charge in [-0.25, -0.2) is 4.98 Å². The van der Waals surface area contributed by atoms with Gasteiger partial charge in [0.05, 0.1) is 26.1 Å². The average Bonchev–Trinajstić information content (AvgIpc) is 2.93. The van der Waals surface area contributed by atoms with Gasteiger partial charge in [0, 0.05) is 11.3 Å². The van der Waals surface area contributed by atoms with Gasteiger partial charge in [0.1, 0.15) is 0 Å². The normalized spacial score (nSPS) is 11.1. The molecule has 3 N–H and O–H groups in total. The zero-order valence-electron chi connectivity index (χ0n) is 13.0. The first kappa shape index (κ1) is 15.7. The van der Waals surface area contributed by atoms with Crippen LogP contribution in [0.15, 0.2) is 41.2 Å². The minimum Gasteiger partial charge on any atom is -0.332 e. The minimum atomic E-state index is -0.281. The van der Waals surface area contributed by atoms with Gasteiger partial charge in [0.2, 0.25) is 0 Å². The van der Waals surface area contributed by atoms with Crippen LogP contribution in [-0.2, 0) is 0 Å². The van der Waals surface area contributed by atoms with Crippen LogP contribution < -0.4 is 10.9 Å². The summed E-state index contributed by atoms with van der Waals surface area (Å²) in [5.41, 5.74) is 2.29. The molecular weight excluding hydrogens is 356 g/mol. The van der Waals surface area contributed by atoms with E-state index in [-0.39, 0.29) is 16.2 Å². The van der Waals surface area contributed by atoms with E-state index in [1.165, 1.54) is 0 Å². The molecule has 25 heavy (non-hydrogen) atoms. The highest BCUT2D eigenvalue weighted by atomic mass is 32.1. The van der Waals surface area contributed by atoms with Gasteiger partial charge in [-0.1, -0.05) is 0 Å². The Morgan fingerprint density at radius 2 is 2.04 bits per heavy atom. The zero-order valence-corrected chi connectivity index (χ0v) is 14.7. The van der Waals surface area contributed by atoms with Gasteiger partial charge in [0.15, 0.2) is 4.77 Å². The smallest absolute Gasteiger partial charge is 0.259 e. The molecule has 124 valence electrons. The fraction of sp³-hybridized carbons (Fsp3) is 0.0588. The van der Waals surface area contributed by atoms with E-state index in [1.54, 1.807) is 29.5 Å². The Bertz CT molecular complexity index is 1250. The maximum absolute atomic E-state index is 12.5. The number of hydrogen-bond donors (Lipinski definition) is 3. The Morgan fingerprint density at radius 3 is 2.88 bits per heavy atom. The summed E-state index contributed by atoms with van der Waals surface area (Å²) >= 11 is 6.55. The number of thiazole rings is 1. The summed E-state index contributed by atoms with van der Waals surface area (Å²) in [6, 6.07) is 10.4. The predicted octanol–water partition coefficient (Wildman–Crippen LogP) is 3.76. The molecule has 0 atom stereocenters. The molecule has 2 aromatic heterocycles. The van der Waals surface area contributed by atoms with E-state index in [0.29, 0.717) is 22.2 Å². The number of nitrogens with one attached hydrogen (secondary N) is 3. The molecule has 1 amide bonds. The number of benzene rings is 2. The molecule has 4 rings (SSSR count). The van der Waals surface area contributed by atoms with Crippen molar-refractivity contribution in [3.05, 3.63) is 62.1 Å². The van der Waals surface area contributed by atoms with Crippen LogP contribution in [0, 0.1) is 11.7 Å². The lowest BCUT2D eigenvalue weighted by Gasteiger charge is -2.06. The number of carbonyl (C=O) groups is 1. The summed E-state index contributed by atoms with van der Waals surface area (Å²) in [6.07, 6.45) is 0. The van der Waals surface area contributed by atoms with Gasteiger partial charge in [-0.3, -0.25) is 14.6 Å². The van der Waals surface area contributed by atoms with Crippen LogP contribution in [0.3, 0.4) is 0 Å². The zero-order chi connectivity index (χ0) is 17.6. The van der Waals surface area contributed by atoms with E-state index in [2.05, 4.69) is 20.3 Å². The lowest BCUT2D eigenvalue weighted by atomic mass is 10.1. The van der Waals surface area contributed by atoms with E-state index in [9.17, 15) is 9.59 Å². The number of H-pyrrole nitrogens is 2. The Labute approximate surface area is 150 Å². The van der Waals surface area contributed by atoms with Crippen molar-refractivity contribution >= 4 is 56.3 Å². The molecule has 2 aromatic carbocycles. The van der Waals surface area contributed by atoms with Gasteiger partial charge in [-0.2, -0.15) is 0 Å². The Kier molecular flexibility index (Phi) is 3.70. The molecule has 0 bridgehead atoms. The molecular formula is C17H12N4O2S2. The first-order chi connectivity index (χ1) is 12.0. The summed E-state index contributed by atoms with van der Waals surface area (Å²) in [6.45, 7) is 1.95. The SMILES string of the molecule is Cc1nc2ccc(NC(=O)c3ccc4c(=O)[nH]c(=S)[nH]c4c3)cc2s1. The van der Waals surface area contributed by atoms with Gasteiger partial charge in [-0.05, 0) is 55.5 Å². The third-order valence-corrected chi connectivity index (χ3v) is 4.89. The fourth-order valence-corrected chi connectivity index (χ4v) is 3.70. The highest BCUT2D eigenvalue weighted by molar-refractivity contribution is 7.71. The highest BCUT2D eigenvalue weighted by Gasteiger charge is 2.10. The van der Waals surface area contributed by atoms with Gasteiger partial charge in [0.25, 0.3) is 11.5 Å². The fourth-order valence-electron chi connectivity index (χ4n) is 2.63. The first-order valence-corrected chi connectivity index (χ1v) is 8.67. The highest BCUT2D eigenvalue weighted by Crippen LogP contribution is 2.25. The molecule has 8 heteroatoms. The molecule has 0 saturated heterocycles. The molecule has 0 saturated carbocycles. The van der Waals surface area contributed by atoms with Crippen molar-refractivity contribution in [2.45, 2.75) is 6.92 Å². The van der Waals surface area contributed by atoms with Crippen molar-refractivity contribution in [1.82, 2.24) is 15.0 Å². The maximum Gasteiger partial charge on any atom is 0.259 e.